The van der Waals surface area contributed by atoms with Gasteiger partial charge < -0.3 is 4.90 Å². The summed E-state index contributed by atoms with van der Waals surface area (Å²) >= 11 is 1.71. The van der Waals surface area contributed by atoms with E-state index in [1.807, 2.05) is 48.5 Å². The summed E-state index contributed by atoms with van der Waals surface area (Å²) in [6, 6.07) is 24.1. The molecular weight excluding hydrogens is 426 g/mol. The number of hydrogen-bond acceptors (Lipinski definition) is 4. The van der Waals surface area contributed by atoms with Gasteiger partial charge in [0.05, 0.1) is 0 Å². The Morgan fingerprint density at radius 3 is 1.33 bits per heavy atom. The Balaban J connectivity index is 1.93. The molecule has 0 N–H and O–H groups in total. The van der Waals surface area contributed by atoms with Gasteiger partial charge in [0.15, 0.2) is 11.6 Å². The summed E-state index contributed by atoms with van der Waals surface area (Å²) in [6.07, 6.45) is 7.10. The molecule has 0 fully saturated rings. The van der Waals surface area contributed by atoms with Crippen LogP contribution in [0.4, 0.5) is 17.1 Å². The second kappa shape index (κ2) is 12.4. The number of unbranched alkanes of at least 4 members (excludes halogenated alkanes) is 2. The largest absolute Gasteiger partial charge is 0.311 e. The van der Waals surface area contributed by atoms with Gasteiger partial charge in [-0.2, -0.15) is 0 Å². The molecule has 0 spiro atoms. The van der Waals surface area contributed by atoms with E-state index in [1.54, 1.807) is 11.8 Å². The SMILES string of the molecule is CCCCC(=O)c1ccc(N(c2ccc(SC)cc2)c2ccc(C(=O)CCCC)cc2)cc1. The summed E-state index contributed by atoms with van der Waals surface area (Å²) < 4.78 is 0. The van der Waals surface area contributed by atoms with Crippen molar-refractivity contribution in [1.82, 2.24) is 0 Å². The van der Waals surface area contributed by atoms with Crippen LogP contribution in [0, 0.1) is 0 Å². The molecule has 0 aliphatic rings. The van der Waals surface area contributed by atoms with Gasteiger partial charge in [0.1, 0.15) is 0 Å². The first-order valence-corrected chi connectivity index (χ1v) is 13.0. The van der Waals surface area contributed by atoms with Crippen molar-refractivity contribution in [3.63, 3.8) is 0 Å². The number of Topliss-reactive ketones (excluding diaryl/α,β-unsaturated/α-hetero) is 2. The Morgan fingerprint density at radius 1 is 0.636 bits per heavy atom. The van der Waals surface area contributed by atoms with Crippen molar-refractivity contribution in [2.45, 2.75) is 57.3 Å². The lowest BCUT2D eigenvalue weighted by atomic mass is 10.0. The molecule has 0 atom stereocenters. The number of hydrogen-bond donors (Lipinski definition) is 0. The van der Waals surface area contributed by atoms with E-state index in [4.69, 9.17) is 0 Å². The van der Waals surface area contributed by atoms with Gasteiger partial charge in [0.25, 0.3) is 0 Å². The molecule has 0 aliphatic carbocycles. The van der Waals surface area contributed by atoms with E-state index in [0.717, 1.165) is 53.9 Å². The molecule has 0 saturated heterocycles. The topological polar surface area (TPSA) is 37.4 Å². The molecule has 33 heavy (non-hydrogen) atoms. The van der Waals surface area contributed by atoms with Crippen LogP contribution in [0.15, 0.2) is 77.7 Å². The fraction of sp³-hybridized carbons (Fsp3) is 0.310. The molecule has 0 bridgehead atoms. The third-order valence-corrected chi connectivity index (χ3v) is 6.48. The Morgan fingerprint density at radius 2 is 1.00 bits per heavy atom. The van der Waals surface area contributed by atoms with Gasteiger partial charge in [0.2, 0.25) is 0 Å². The molecule has 0 aromatic heterocycles. The van der Waals surface area contributed by atoms with Gasteiger partial charge in [-0.05, 0) is 91.9 Å². The number of benzene rings is 3. The molecule has 0 unspecified atom stereocenters. The Labute approximate surface area is 202 Å². The third kappa shape index (κ3) is 6.58. The highest BCUT2D eigenvalue weighted by Gasteiger charge is 2.15. The number of rotatable bonds is 12. The first-order chi connectivity index (χ1) is 16.1. The average Bonchev–Trinajstić information content (AvgIpc) is 2.87. The summed E-state index contributed by atoms with van der Waals surface area (Å²) in [5, 5.41) is 0. The highest BCUT2D eigenvalue weighted by atomic mass is 32.2. The zero-order valence-corrected chi connectivity index (χ0v) is 20.7. The number of ketones is 2. The fourth-order valence-corrected chi connectivity index (χ4v) is 4.14. The van der Waals surface area contributed by atoms with Crippen LogP contribution in [0.2, 0.25) is 0 Å². The van der Waals surface area contributed by atoms with Crippen LogP contribution in [-0.2, 0) is 0 Å². The van der Waals surface area contributed by atoms with Crippen LogP contribution in [-0.4, -0.2) is 17.8 Å². The van der Waals surface area contributed by atoms with Crippen LogP contribution < -0.4 is 4.90 Å². The lowest BCUT2D eigenvalue weighted by Gasteiger charge is -2.26. The lowest BCUT2D eigenvalue weighted by molar-refractivity contribution is 0.0972. The maximum absolute atomic E-state index is 12.4. The van der Waals surface area contributed by atoms with E-state index in [0.29, 0.717) is 12.8 Å². The van der Waals surface area contributed by atoms with Crippen LogP contribution in [0.1, 0.15) is 73.1 Å². The minimum Gasteiger partial charge on any atom is -0.311 e. The molecule has 3 nitrogen and oxygen atoms in total. The van der Waals surface area contributed by atoms with Crippen LogP contribution >= 0.6 is 11.8 Å². The number of thioether (sulfide) groups is 1. The predicted molar refractivity (Wildman–Crippen MR) is 141 cm³/mol. The van der Waals surface area contributed by atoms with Gasteiger partial charge in [0, 0.05) is 45.9 Å². The standard InChI is InChI=1S/C29H33NO2S/c1-4-6-8-28(31)22-10-14-24(15-11-22)30(26-18-20-27(33-3)21-19-26)25-16-12-23(13-17-25)29(32)9-7-5-2/h10-21H,4-9H2,1-3H3. The van der Waals surface area contributed by atoms with Crippen LogP contribution in [0.5, 0.6) is 0 Å². The number of anilines is 3. The third-order valence-electron chi connectivity index (χ3n) is 5.74. The van der Waals surface area contributed by atoms with Crippen molar-refractivity contribution in [2.75, 3.05) is 11.2 Å². The molecule has 0 saturated carbocycles. The van der Waals surface area contributed by atoms with E-state index >= 15 is 0 Å². The zero-order chi connectivity index (χ0) is 23.6. The minimum absolute atomic E-state index is 0.189. The highest BCUT2D eigenvalue weighted by Crippen LogP contribution is 2.35. The number of nitrogens with zero attached hydrogens (tertiary/aromatic N) is 1. The molecule has 3 aromatic rings. The molecule has 172 valence electrons. The molecule has 0 heterocycles. The van der Waals surface area contributed by atoms with Crippen LogP contribution in [0.3, 0.4) is 0 Å². The fourth-order valence-electron chi connectivity index (χ4n) is 3.73. The molecule has 0 amide bonds. The summed E-state index contributed by atoms with van der Waals surface area (Å²) in [7, 11) is 0. The van der Waals surface area contributed by atoms with Crippen molar-refractivity contribution in [2.24, 2.45) is 0 Å². The summed E-state index contributed by atoms with van der Waals surface area (Å²) in [5.41, 5.74) is 4.49. The van der Waals surface area contributed by atoms with Gasteiger partial charge in [-0.1, -0.05) is 26.7 Å². The minimum atomic E-state index is 0.189. The van der Waals surface area contributed by atoms with Crippen molar-refractivity contribution in [3.8, 4) is 0 Å². The van der Waals surface area contributed by atoms with E-state index < -0.39 is 0 Å². The Hall–Kier alpha value is -2.85. The molecule has 0 radical (unpaired) electrons. The smallest absolute Gasteiger partial charge is 0.162 e. The second-order valence-electron chi connectivity index (χ2n) is 8.18. The van der Waals surface area contributed by atoms with E-state index in [1.165, 1.54) is 4.90 Å². The summed E-state index contributed by atoms with van der Waals surface area (Å²) in [5.74, 6) is 0.378. The van der Waals surface area contributed by atoms with Crippen molar-refractivity contribution < 1.29 is 9.59 Å². The molecule has 3 aromatic carbocycles. The number of carbonyl (C=O) groups excluding carboxylic acids is 2. The lowest BCUT2D eigenvalue weighted by Crippen LogP contribution is -2.11. The van der Waals surface area contributed by atoms with Crippen LogP contribution in [0.25, 0.3) is 0 Å². The first kappa shape index (κ1) is 24.8. The van der Waals surface area contributed by atoms with Gasteiger partial charge >= 0.3 is 0 Å². The quantitative estimate of drug-likeness (QED) is 0.201. The Bertz CT molecular complexity index is 977. The first-order valence-electron chi connectivity index (χ1n) is 11.8. The monoisotopic (exact) mass is 459 g/mol. The van der Waals surface area contributed by atoms with Crippen molar-refractivity contribution >= 4 is 40.4 Å². The predicted octanol–water partition coefficient (Wildman–Crippen LogP) is 8.62. The number of carbonyl (C=O) groups is 2. The second-order valence-corrected chi connectivity index (χ2v) is 9.06. The van der Waals surface area contributed by atoms with Gasteiger partial charge in [-0.3, -0.25) is 9.59 Å². The molecule has 4 heteroatoms. The maximum Gasteiger partial charge on any atom is 0.162 e. The average molecular weight is 460 g/mol. The highest BCUT2D eigenvalue weighted by molar-refractivity contribution is 7.98. The van der Waals surface area contributed by atoms with E-state index in [-0.39, 0.29) is 11.6 Å². The van der Waals surface area contributed by atoms with E-state index in [9.17, 15) is 9.59 Å². The molecular formula is C29H33NO2S. The van der Waals surface area contributed by atoms with E-state index in [2.05, 4.69) is 49.3 Å². The maximum atomic E-state index is 12.4. The normalized spacial score (nSPS) is 10.8. The van der Waals surface area contributed by atoms with Gasteiger partial charge in [-0.15, -0.1) is 11.8 Å². The van der Waals surface area contributed by atoms with Crippen molar-refractivity contribution in [3.05, 3.63) is 83.9 Å². The molecule has 0 aliphatic heterocycles. The Kier molecular flexibility index (Phi) is 9.32. The summed E-state index contributed by atoms with van der Waals surface area (Å²) in [6.45, 7) is 4.19. The summed E-state index contributed by atoms with van der Waals surface area (Å²) in [4.78, 5) is 28.2. The van der Waals surface area contributed by atoms with Gasteiger partial charge in [-0.25, -0.2) is 0 Å². The van der Waals surface area contributed by atoms with Crippen molar-refractivity contribution in [1.29, 1.82) is 0 Å². The zero-order valence-electron chi connectivity index (χ0n) is 19.8. The molecule has 3 rings (SSSR count).